The van der Waals surface area contributed by atoms with Crippen LogP contribution in [0.2, 0.25) is 5.02 Å². The van der Waals surface area contributed by atoms with Gasteiger partial charge in [0, 0.05) is 16.8 Å². The minimum atomic E-state index is -0.267. The summed E-state index contributed by atoms with van der Waals surface area (Å²) in [6, 6.07) is 7.32. The van der Waals surface area contributed by atoms with Gasteiger partial charge >= 0.3 is 5.97 Å². The number of carbonyl (C=O) groups is 1. The second-order valence-corrected chi connectivity index (χ2v) is 4.13. The number of halogens is 2. The molecule has 0 heterocycles. The van der Waals surface area contributed by atoms with Gasteiger partial charge in [-0.05, 0) is 17.7 Å². The molecule has 0 aromatic heterocycles. The van der Waals surface area contributed by atoms with E-state index in [2.05, 4.69) is 15.9 Å². The summed E-state index contributed by atoms with van der Waals surface area (Å²) >= 11 is 9.18. The van der Waals surface area contributed by atoms with Crippen LogP contribution < -0.4 is 0 Å². The molecule has 0 aliphatic carbocycles. The van der Waals surface area contributed by atoms with Crippen LogP contribution in [0.3, 0.4) is 0 Å². The van der Waals surface area contributed by atoms with Gasteiger partial charge in [0.05, 0.1) is 0 Å². The maximum atomic E-state index is 11.2. The predicted molar refractivity (Wildman–Crippen MR) is 64.4 cm³/mol. The molecule has 1 atom stereocenters. The Balaban J connectivity index is 2.78. The normalized spacial score (nSPS) is 12.2. The average Bonchev–Trinajstić information content (AvgIpc) is 2.25. The predicted octanol–water partition coefficient (Wildman–Crippen LogP) is 3.73. The van der Waals surface area contributed by atoms with E-state index >= 15 is 0 Å². The molecule has 0 bridgehead atoms. The Hall–Kier alpha value is -0.540. The molecule has 0 aliphatic rings. The second-order valence-electron chi connectivity index (χ2n) is 3.04. The van der Waals surface area contributed by atoms with Gasteiger partial charge in [-0.25, -0.2) is 0 Å². The summed E-state index contributed by atoms with van der Waals surface area (Å²) in [6.45, 7) is 1.77. The van der Waals surface area contributed by atoms with Crippen molar-refractivity contribution >= 4 is 33.5 Å². The smallest absolute Gasteiger partial charge is 0.306 e. The third-order valence-corrected chi connectivity index (χ3v) is 2.75. The van der Waals surface area contributed by atoms with Crippen LogP contribution in [0.25, 0.3) is 0 Å². The van der Waals surface area contributed by atoms with Crippen molar-refractivity contribution in [2.75, 3.05) is 5.33 Å². The Bertz CT molecular complexity index is 341. The molecule has 0 fully saturated rings. The molecule has 0 saturated carbocycles. The zero-order chi connectivity index (χ0) is 11.3. The lowest BCUT2D eigenvalue weighted by Crippen LogP contribution is -2.11. The fraction of sp³-hybridized carbons (Fsp3) is 0.364. The molecule has 0 radical (unpaired) electrons. The first-order chi connectivity index (χ1) is 7.17. The van der Waals surface area contributed by atoms with Crippen molar-refractivity contribution < 1.29 is 9.53 Å². The number of ether oxygens (including phenoxy) is 1. The van der Waals surface area contributed by atoms with Crippen LogP contribution >= 0.6 is 27.5 Å². The van der Waals surface area contributed by atoms with E-state index in [9.17, 15) is 4.79 Å². The summed E-state index contributed by atoms with van der Waals surface area (Å²) in [5.74, 6) is -0.209. The van der Waals surface area contributed by atoms with Crippen LogP contribution in [-0.2, 0) is 9.53 Å². The van der Waals surface area contributed by atoms with E-state index in [1.165, 1.54) is 0 Å². The summed E-state index contributed by atoms with van der Waals surface area (Å²) < 4.78 is 5.25. The van der Waals surface area contributed by atoms with E-state index in [0.717, 1.165) is 5.56 Å². The van der Waals surface area contributed by atoms with Crippen molar-refractivity contribution in [2.45, 2.75) is 19.4 Å². The highest BCUT2D eigenvalue weighted by Gasteiger charge is 2.14. The van der Waals surface area contributed by atoms with Gasteiger partial charge in [-0.3, -0.25) is 4.79 Å². The van der Waals surface area contributed by atoms with E-state index in [1.54, 1.807) is 19.1 Å². The summed E-state index contributed by atoms with van der Waals surface area (Å²) in [5.41, 5.74) is 0.904. The number of esters is 1. The Morgan fingerprint density at radius 3 is 2.87 bits per heavy atom. The minimum absolute atomic E-state index is 0.209. The summed E-state index contributed by atoms with van der Waals surface area (Å²) in [7, 11) is 0. The molecule has 0 saturated heterocycles. The van der Waals surface area contributed by atoms with Crippen LogP contribution in [0.4, 0.5) is 0 Å². The Kier molecular flexibility index (Phi) is 5.12. The minimum Gasteiger partial charge on any atom is -0.457 e. The molecular weight excluding hydrogens is 279 g/mol. The maximum Gasteiger partial charge on any atom is 0.306 e. The van der Waals surface area contributed by atoms with Crippen molar-refractivity contribution in [3.63, 3.8) is 0 Å². The van der Waals surface area contributed by atoms with Crippen molar-refractivity contribution in [2.24, 2.45) is 0 Å². The van der Waals surface area contributed by atoms with Crippen LogP contribution in [0.15, 0.2) is 24.3 Å². The van der Waals surface area contributed by atoms with Gasteiger partial charge in [-0.2, -0.15) is 0 Å². The Morgan fingerprint density at radius 2 is 2.33 bits per heavy atom. The van der Waals surface area contributed by atoms with Gasteiger partial charge in [0.2, 0.25) is 0 Å². The first-order valence-corrected chi connectivity index (χ1v) is 6.18. The van der Waals surface area contributed by atoms with Gasteiger partial charge in [-0.15, -0.1) is 0 Å². The molecule has 4 heteroatoms. The second kappa shape index (κ2) is 6.13. The molecule has 0 unspecified atom stereocenters. The zero-order valence-corrected chi connectivity index (χ0v) is 10.7. The Labute approximate surface area is 103 Å². The molecule has 0 amide bonds. The molecule has 1 rings (SSSR count). The third kappa shape index (κ3) is 3.84. The van der Waals surface area contributed by atoms with E-state index in [0.29, 0.717) is 16.8 Å². The largest absolute Gasteiger partial charge is 0.457 e. The average molecular weight is 292 g/mol. The van der Waals surface area contributed by atoms with Crippen molar-refractivity contribution in [3.05, 3.63) is 34.9 Å². The summed E-state index contributed by atoms with van der Waals surface area (Å²) in [4.78, 5) is 11.2. The number of benzene rings is 1. The molecule has 0 aliphatic heterocycles. The van der Waals surface area contributed by atoms with E-state index in [-0.39, 0.29) is 12.1 Å². The standard InChI is InChI=1S/C11H12BrClO2/c1-2-11(14)15-10(7-12)8-4-3-5-9(13)6-8/h3-6,10H,2,7H2,1H3/t10-/m1/s1. The quantitative estimate of drug-likeness (QED) is 0.624. The third-order valence-electron chi connectivity index (χ3n) is 1.92. The molecule has 15 heavy (non-hydrogen) atoms. The monoisotopic (exact) mass is 290 g/mol. The van der Waals surface area contributed by atoms with Gasteiger partial charge in [0.25, 0.3) is 0 Å². The highest BCUT2D eigenvalue weighted by molar-refractivity contribution is 9.09. The SMILES string of the molecule is CCC(=O)O[C@H](CBr)c1cccc(Cl)c1. The summed E-state index contributed by atoms with van der Waals surface area (Å²) in [6.07, 6.45) is 0.112. The lowest BCUT2D eigenvalue weighted by atomic mass is 10.1. The van der Waals surface area contributed by atoms with Crippen LogP contribution in [-0.4, -0.2) is 11.3 Å². The van der Waals surface area contributed by atoms with Gasteiger partial charge < -0.3 is 4.74 Å². The number of hydrogen-bond acceptors (Lipinski definition) is 2. The first kappa shape index (κ1) is 12.5. The van der Waals surface area contributed by atoms with Gasteiger partial charge in [0.1, 0.15) is 6.10 Å². The van der Waals surface area contributed by atoms with Crippen molar-refractivity contribution in [1.29, 1.82) is 0 Å². The fourth-order valence-corrected chi connectivity index (χ4v) is 1.84. The molecule has 1 aromatic carbocycles. The number of rotatable bonds is 4. The first-order valence-electron chi connectivity index (χ1n) is 4.68. The van der Waals surface area contributed by atoms with Crippen LogP contribution in [0.5, 0.6) is 0 Å². The number of hydrogen-bond donors (Lipinski definition) is 0. The van der Waals surface area contributed by atoms with Crippen molar-refractivity contribution in [1.82, 2.24) is 0 Å². The molecule has 0 N–H and O–H groups in total. The molecule has 1 aromatic rings. The van der Waals surface area contributed by atoms with E-state index in [4.69, 9.17) is 16.3 Å². The number of alkyl halides is 1. The highest BCUT2D eigenvalue weighted by Crippen LogP contribution is 2.23. The van der Waals surface area contributed by atoms with Crippen LogP contribution in [0, 0.1) is 0 Å². The zero-order valence-electron chi connectivity index (χ0n) is 8.37. The Morgan fingerprint density at radius 1 is 1.60 bits per heavy atom. The van der Waals surface area contributed by atoms with Gasteiger partial charge in [-0.1, -0.05) is 46.6 Å². The van der Waals surface area contributed by atoms with Crippen LogP contribution in [0.1, 0.15) is 25.0 Å². The lowest BCUT2D eigenvalue weighted by Gasteiger charge is -2.15. The number of carbonyl (C=O) groups excluding carboxylic acids is 1. The summed E-state index contributed by atoms with van der Waals surface area (Å²) in [5, 5.41) is 1.21. The topological polar surface area (TPSA) is 26.3 Å². The van der Waals surface area contributed by atoms with E-state index in [1.807, 2.05) is 12.1 Å². The van der Waals surface area contributed by atoms with Gasteiger partial charge in [0.15, 0.2) is 0 Å². The molecule has 2 nitrogen and oxygen atoms in total. The maximum absolute atomic E-state index is 11.2. The highest BCUT2D eigenvalue weighted by atomic mass is 79.9. The molecule has 0 spiro atoms. The van der Waals surface area contributed by atoms with Crippen molar-refractivity contribution in [3.8, 4) is 0 Å². The molecule has 82 valence electrons. The van der Waals surface area contributed by atoms with E-state index < -0.39 is 0 Å². The fourth-order valence-electron chi connectivity index (χ4n) is 1.14. The molecular formula is C11H12BrClO2. The lowest BCUT2D eigenvalue weighted by molar-refractivity contribution is -0.147.